The second-order valence-corrected chi connectivity index (χ2v) is 11.8. The number of fused-ring (bicyclic) bond motifs is 4. The third-order valence-electron chi connectivity index (χ3n) is 7.47. The molecule has 6 rings (SSSR count). The Hall–Kier alpha value is -3.23. The number of carbonyl (C=O) groups is 1. The quantitative estimate of drug-likeness (QED) is 0.248. The van der Waals surface area contributed by atoms with Crippen LogP contribution in [0.4, 0.5) is 5.13 Å². The number of thiazole rings is 1. The van der Waals surface area contributed by atoms with Gasteiger partial charge < -0.3 is 5.32 Å². The molecule has 37 heavy (non-hydrogen) atoms. The highest BCUT2D eigenvalue weighted by Gasteiger charge is 2.43. The van der Waals surface area contributed by atoms with Gasteiger partial charge in [-0.2, -0.15) is 0 Å². The second-order valence-electron chi connectivity index (χ2n) is 9.95. The van der Waals surface area contributed by atoms with Crippen molar-refractivity contribution >= 4 is 34.1 Å². The number of aromatic nitrogens is 3. The van der Waals surface area contributed by atoms with Crippen LogP contribution in [0.1, 0.15) is 48.8 Å². The van der Waals surface area contributed by atoms with Crippen molar-refractivity contribution in [3.8, 4) is 16.9 Å². The number of aryl methyl sites for hydroxylation is 1. The van der Waals surface area contributed by atoms with E-state index in [2.05, 4.69) is 28.5 Å². The summed E-state index contributed by atoms with van der Waals surface area (Å²) in [5.74, 6) is -0.0458. The van der Waals surface area contributed by atoms with E-state index in [1.54, 1.807) is 10.8 Å². The van der Waals surface area contributed by atoms with Crippen LogP contribution in [0.3, 0.4) is 0 Å². The molecular weight excluding hydrogens is 500 g/mol. The molecule has 1 saturated carbocycles. The summed E-state index contributed by atoms with van der Waals surface area (Å²) in [7, 11) is 0. The highest BCUT2D eigenvalue weighted by atomic mass is 32.2. The fourth-order valence-electron chi connectivity index (χ4n) is 5.85. The van der Waals surface area contributed by atoms with Gasteiger partial charge >= 0.3 is 0 Å². The fourth-order valence-corrected chi connectivity index (χ4v) is 7.20. The lowest BCUT2D eigenvalue weighted by molar-refractivity contribution is -0.113. The topological polar surface area (TPSA) is 76.9 Å². The molecule has 188 valence electrons. The lowest BCUT2D eigenvalue weighted by Crippen LogP contribution is -2.43. The fraction of sp³-hybridized carbons (Fsp3) is 0.310. The zero-order chi connectivity index (χ0) is 25.4. The lowest BCUT2D eigenvalue weighted by atomic mass is 9.62. The monoisotopic (exact) mass is 528 g/mol. The molecule has 1 amide bonds. The molecular formula is C29H28N4O2S2. The predicted octanol–water partition coefficient (Wildman–Crippen LogP) is 6.15. The number of anilines is 1. The number of thioether (sulfide) groups is 1. The summed E-state index contributed by atoms with van der Waals surface area (Å²) in [6.45, 7) is 2.02. The molecule has 2 aromatic heterocycles. The van der Waals surface area contributed by atoms with Gasteiger partial charge in [0.25, 0.3) is 5.56 Å². The minimum atomic E-state index is -0.191. The average molecular weight is 529 g/mol. The van der Waals surface area contributed by atoms with Crippen LogP contribution < -0.4 is 10.9 Å². The molecule has 0 unspecified atom stereocenters. The molecule has 0 saturated heterocycles. The molecule has 8 heteroatoms. The molecule has 2 aromatic carbocycles. The van der Waals surface area contributed by atoms with Gasteiger partial charge in [-0.25, -0.2) is 9.97 Å². The van der Waals surface area contributed by atoms with Gasteiger partial charge in [0.05, 0.1) is 22.7 Å². The second kappa shape index (κ2) is 9.91. The van der Waals surface area contributed by atoms with Crippen molar-refractivity contribution in [2.45, 2.75) is 56.0 Å². The number of hydrogen-bond acceptors (Lipinski definition) is 6. The van der Waals surface area contributed by atoms with E-state index in [9.17, 15) is 9.59 Å². The Balaban J connectivity index is 1.51. The third-order valence-corrected chi connectivity index (χ3v) is 9.09. The summed E-state index contributed by atoms with van der Waals surface area (Å²) in [5.41, 5.74) is 5.60. The Morgan fingerprint density at radius 2 is 1.97 bits per heavy atom. The van der Waals surface area contributed by atoms with Crippen molar-refractivity contribution in [1.82, 2.24) is 14.5 Å². The number of nitrogens with one attached hydrogen (secondary N) is 1. The predicted molar refractivity (Wildman–Crippen MR) is 150 cm³/mol. The summed E-state index contributed by atoms with van der Waals surface area (Å²) in [4.78, 5) is 36.6. The molecule has 2 aliphatic carbocycles. The van der Waals surface area contributed by atoms with Crippen LogP contribution in [0.15, 0.2) is 70.1 Å². The third kappa shape index (κ3) is 4.53. The lowest BCUT2D eigenvalue weighted by Gasteiger charge is -2.42. The summed E-state index contributed by atoms with van der Waals surface area (Å²) in [6, 6.07) is 16.3. The van der Waals surface area contributed by atoms with Crippen molar-refractivity contribution in [3.05, 3.63) is 87.2 Å². The number of carbonyl (C=O) groups excluding carboxylic acids is 1. The van der Waals surface area contributed by atoms with E-state index in [0.717, 1.165) is 60.2 Å². The van der Waals surface area contributed by atoms with Crippen LogP contribution in [0.5, 0.6) is 0 Å². The normalized spacial score (nSPS) is 15.7. The van der Waals surface area contributed by atoms with Gasteiger partial charge in [0.15, 0.2) is 10.3 Å². The van der Waals surface area contributed by atoms with Crippen LogP contribution in [0, 0.1) is 6.92 Å². The first-order valence-electron chi connectivity index (χ1n) is 12.7. The van der Waals surface area contributed by atoms with Gasteiger partial charge in [-0.15, -0.1) is 11.3 Å². The maximum atomic E-state index is 14.5. The number of benzene rings is 2. The van der Waals surface area contributed by atoms with Crippen molar-refractivity contribution < 1.29 is 4.79 Å². The number of amides is 1. The number of rotatable bonds is 5. The van der Waals surface area contributed by atoms with Crippen LogP contribution in [0.25, 0.3) is 16.9 Å². The van der Waals surface area contributed by atoms with Gasteiger partial charge in [-0.1, -0.05) is 67.4 Å². The Morgan fingerprint density at radius 1 is 1.14 bits per heavy atom. The van der Waals surface area contributed by atoms with Crippen molar-refractivity contribution in [3.63, 3.8) is 0 Å². The molecule has 1 N–H and O–H groups in total. The van der Waals surface area contributed by atoms with Crippen molar-refractivity contribution in [1.29, 1.82) is 0 Å². The molecule has 0 radical (unpaired) electrons. The molecule has 2 aliphatic rings. The molecule has 4 aromatic rings. The van der Waals surface area contributed by atoms with E-state index in [1.165, 1.54) is 35.1 Å². The molecule has 0 bridgehead atoms. The van der Waals surface area contributed by atoms with Gasteiger partial charge in [0.2, 0.25) is 5.91 Å². The zero-order valence-corrected chi connectivity index (χ0v) is 22.3. The molecule has 2 heterocycles. The largest absolute Gasteiger partial charge is 0.301 e. The molecule has 0 aliphatic heterocycles. The van der Waals surface area contributed by atoms with E-state index in [-0.39, 0.29) is 22.6 Å². The van der Waals surface area contributed by atoms with Gasteiger partial charge in [0.1, 0.15) is 0 Å². The first-order chi connectivity index (χ1) is 18.0. The highest BCUT2D eigenvalue weighted by molar-refractivity contribution is 7.99. The van der Waals surface area contributed by atoms with Gasteiger partial charge in [-0.05, 0) is 49.4 Å². The highest BCUT2D eigenvalue weighted by Crippen LogP contribution is 2.49. The Bertz CT molecular complexity index is 1520. The smallest absolute Gasteiger partial charge is 0.263 e. The number of hydrogen-bond donors (Lipinski definition) is 1. The van der Waals surface area contributed by atoms with Gasteiger partial charge in [-0.3, -0.25) is 14.2 Å². The Morgan fingerprint density at radius 3 is 2.76 bits per heavy atom. The first-order valence-corrected chi connectivity index (χ1v) is 14.6. The van der Waals surface area contributed by atoms with Crippen LogP contribution in [-0.4, -0.2) is 26.2 Å². The maximum Gasteiger partial charge on any atom is 0.263 e. The van der Waals surface area contributed by atoms with Crippen LogP contribution in [0.2, 0.25) is 0 Å². The standard InChI is InChI=1S/C29H28N4O2S2/c1-19-8-7-10-21(16-19)33-26(35)24-25(32-28(33)37-18-23(34)31-27-30-14-15-36-27)22-11-4-3-9-20(22)17-29(24)12-5-2-6-13-29/h3-4,7-11,14-16H,2,5-6,12-13,17-18H2,1H3,(H,30,31,34). The molecule has 1 fully saturated rings. The molecule has 6 nitrogen and oxygen atoms in total. The SMILES string of the molecule is Cc1cccc(-n2c(SCC(=O)Nc3nccs3)nc3c(c2=O)C2(CCCCC2)Cc2ccccc2-3)c1. The van der Waals surface area contributed by atoms with E-state index >= 15 is 0 Å². The summed E-state index contributed by atoms with van der Waals surface area (Å²) in [6.07, 6.45) is 8.00. The van der Waals surface area contributed by atoms with E-state index in [4.69, 9.17) is 4.98 Å². The Kier molecular flexibility index (Phi) is 6.46. The summed E-state index contributed by atoms with van der Waals surface area (Å²) < 4.78 is 1.73. The Labute approximate surface area is 224 Å². The minimum absolute atomic E-state index is 0.00478. The first kappa shape index (κ1) is 24.1. The minimum Gasteiger partial charge on any atom is -0.301 e. The van der Waals surface area contributed by atoms with E-state index in [0.29, 0.717) is 10.3 Å². The maximum absolute atomic E-state index is 14.5. The molecule has 0 atom stereocenters. The average Bonchev–Trinajstić information content (AvgIpc) is 3.41. The van der Waals surface area contributed by atoms with Gasteiger partial charge in [0, 0.05) is 22.6 Å². The van der Waals surface area contributed by atoms with E-state index < -0.39 is 0 Å². The summed E-state index contributed by atoms with van der Waals surface area (Å²) in [5, 5.41) is 5.75. The van der Waals surface area contributed by atoms with E-state index in [1.807, 2.05) is 42.6 Å². The summed E-state index contributed by atoms with van der Waals surface area (Å²) >= 11 is 2.67. The number of nitrogens with zero attached hydrogens (tertiary/aromatic N) is 3. The zero-order valence-electron chi connectivity index (χ0n) is 20.7. The van der Waals surface area contributed by atoms with Crippen LogP contribution >= 0.6 is 23.1 Å². The molecule has 1 spiro atoms. The van der Waals surface area contributed by atoms with Crippen molar-refractivity contribution in [2.75, 3.05) is 11.1 Å². The van der Waals surface area contributed by atoms with Crippen molar-refractivity contribution in [2.24, 2.45) is 0 Å². The van der Waals surface area contributed by atoms with Crippen LogP contribution in [-0.2, 0) is 16.6 Å².